The van der Waals surface area contributed by atoms with E-state index in [9.17, 15) is 28.8 Å². The van der Waals surface area contributed by atoms with Gasteiger partial charge in [0.25, 0.3) is 9.04 Å². The van der Waals surface area contributed by atoms with Crippen molar-refractivity contribution in [2.75, 3.05) is 19.4 Å². The van der Waals surface area contributed by atoms with Gasteiger partial charge in [0.05, 0.1) is 13.2 Å². The molecule has 0 amide bonds. The quantitative estimate of drug-likeness (QED) is 0.0873. The van der Waals surface area contributed by atoms with E-state index in [-0.39, 0.29) is 61.1 Å². The highest BCUT2D eigenvalue weighted by Crippen LogP contribution is 2.18. The van der Waals surface area contributed by atoms with Crippen LogP contribution in [0.1, 0.15) is 40.0 Å². The molecular weight excluding hydrogens is 468 g/mol. The first-order valence-corrected chi connectivity index (χ1v) is 14.3. The number of hydrogen-bond donors (Lipinski definition) is 3. The molecule has 1 atom stereocenters. The fraction of sp³-hybridized carbons (Fsp3) is 0.571. The number of esters is 3. The molecular formula is C21H35O10Si2. The second-order valence-electron chi connectivity index (χ2n) is 7.69. The summed E-state index contributed by atoms with van der Waals surface area (Å²) in [6, 6.07) is -0.0845. The molecule has 0 saturated heterocycles. The van der Waals surface area contributed by atoms with Gasteiger partial charge in [-0.25, -0.2) is 14.4 Å². The Bertz CT molecular complexity index is 720. The molecule has 0 aliphatic rings. The number of hydrogen-bond acceptors (Lipinski definition) is 10. The van der Waals surface area contributed by atoms with Gasteiger partial charge in [-0.2, -0.15) is 0 Å². The lowest BCUT2D eigenvalue weighted by atomic mass is 10.2. The molecule has 3 N–H and O–H groups in total. The molecule has 0 heterocycles. The highest BCUT2D eigenvalue weighted by molar-refractivity contribution is 6.58. The van der Waals surface area contributed by atoms with Crippen LogP contribution in [0.5, 0.6) is 0 Å². The van der Waals surface area contributed by atoms with Gasteiger partial charge in [-0.1, -0.05) is 19.7 Å². The molecule has 0 aliphatic heterocycles. The summed E-state index contributed by atoms with van der Waals surface area (Å²) in [5.41, 5.74) is 0.689. The topological polar surface area (TPSA) is 149 Å². The molecule has 187 valence electrons. The van der Waals surface area contributed by atoms with E-state index in [0.717, 1.165) is 0 Å². The molecule has 0 fully saturated rings. The first-order valence-electron chi connectivity index (χ1n) is 10.4. The maximum atomic E-state index is 11.5. The lowest BCUT2D eigenvalue weighted by molar-refractivity contribution is -0.139. The van der Waals surface area contributed by atoms with Crippen molar-refractivity contribution < 1.29 is 47.4 Å². The van der Waals surface area contributed by atoms with Crippen LogP contribution in [-0.4, -0.2) is 75.7 Å². The zero-order valence-corrected chi connectivity index (χ0v) is 21.6. The molecule has 0 aromatic rings. The molecule has 33 heavy (non-hydrogen) atoms. The molecule has 0 rings (SSSR count). The molecule has 0 bridgehead atoms. The molecule has 0 aliphatic carbocycles. The van der Waals surface area contributed by atoms with Crippen LogP contribution in [0.2, 0.25) is 12.1 Å². The average molecular weight is 504 g/mol. The van der Waals surface area contributed by atoms with Crippen LogP contribution in [0.15, 0.2) is 36.5 Å². The molecule has 0 spiro atoms. The highest BCUT2D eigenvalue weighted by atomic mass is 28.4. The molecule has 10 nitrogen and oxygen atoms in total. The van der Waals surface area contributed by atoms with Gasteiger partial charge < -0.3 is 33.0 Å². The van der Waals surface area contributed by atoms with Crippen LogP contribution in [0, 0.1) is 0 Å². The minimum atomic E-state index is -4.15. The van der Waals surface area contributed by atoms with Gasteiger partial charge in [-0.05, 0) is 46.1 Å². The zero-order valence-electron chi connectivity index (χ0n) is 19.6. The van der Waals surface area contributed by atoms with Gasteiger partial charge in [0.15, 0.2) is 0 Å². The van der Waals surface area contributed by atoms with Gasteiger partial charge in [-0.3, -0.25) is 0 Å². The van der Waals surface area contributed by atoms with Crippen LogP contribution in [0.25, 0.3) is 0 Å². The summed E-state index contributed by atoms with van der Waals surface area (Å²) in [6.45, 7) is 14.9. The van der Waals surface area contributed by atoms with E-state index in [2.05, 4.69) is 19.7 Å². The monoisotopic (exact) mass is 503 g/mol. The van der Waals surface area contributed by atoms with E-state index < -0.39 is 41.9 Å². The Kier molecular flexibility index (Phi) is 14.7. The fourth-order valence-electron chi connectivity index (χ4n) is 2.31. The SMILES string of the molecule is C=C(C)C(=O)OCCCC(C[Si](O)COC(=O)C(=C)C)O[Si](O)(O)CCCOC(=O)C(=C)C. The molecule has 0 saturated carbocycles. The molecule has 1 radical (unpaired) electrons. The Morgan fingerprint density at radius 2 is 1.30 bits per heavy atom. The second-order valence-corrected chi connectivity index (χ2v) is 11.7. The van der Waals surface area contributed by atoms with Crippen LogP contribution in [-0.2, 0) is 33.0 Å². The van der Waals surface area contributed by atoms with Crippen molar-refractivity contribution in [3.63, 3.8) is 0 Å². The van der Waals surface area contributed by atoms with Crippen molar-refractivity contribution in [2.24, 2.45) is 0 Å². The minimum Gasteiger partial charge on any atom is -0.463 e. The van der Waals surface area contributed by atoms with Crippen molar-refractivity contribution in [1.82, 2.24) is 0 Å². The van der Waals surface area contributed by atoms with E-state index in [0.29, 0.717) is 6.42 Å². The van der Waals surface area contributed by atoms with Crippen LogP contribution in [0.3, 0.4) is 0 Å². The zero-order chi connectivity index (χ0) is 25.6. The van der Waals surface area contributed by atoms with E-state index in [4.69, 9.17) is 18.6 Å². The standard InChI is InChI=1S/C21H35O10Si2/c1-15(2)19(22)28-10-7-9-18(13-32(25)14-30-21(24)17(5)6)31-33(26,27)12-8-11-29-20(23)16(3)4/h18,25-27H,1,3,5,7-14H2,2,4,6H3. The average Bonchev–Trinajstić information content (AvgIpc) is 2.71. The molecule has 0 aromatic heterocycles. The van der Waals surface area contributed by atoms with E-state index in [1.165, 1.54) is 20.8 Å². The van der Waals surface area contributed by atoms with Crippen LogP contribution < -0.4 is 0 Å². The normalized spacial score (nSPS) is 12.1. The summed E-state index contributed by atoms with van der Waals surface area (Å²) in [7, 11) is -6.36. The molecule has 1 unspecified atom stereocenters. The third-order valence-electron chi connectivity index (χ3n) is 4.02. The largest absolute Gasteiger partial charge is 0.495 e. The smallest absolute Gasteiger partial charge is 0.463 e. The van der Waals surface area contributed by atoms with Crippen molar-refractivity contribution >= 4 is 35.8 Å². The Hall–Kier alpha value is -2.10. The predicted molar refractivity (Wildman–Crippen MR) is 124 cm³/mol. The summed E-state index contributed by atoms with van der Waals surface area (Å²) in [5.74, 6) is -1.74. The van der Waals surface area contributed by atoms with Crippen LogP contribution in [0.4, 0.5) is 0 Å². The Balaban J connectivity index is 4.82. The van der Waals surface area contributed by atoms with Gasteiger partial charge >= 0.3 is 26.7 Å². The number of carbonyl (C=O) groups is 3. The number of carbonyl (C=O) groups excluding carboxylic acids is 3. The first kappa shape index (κ1) is 30.9. The summed E-state index contributed by atoms with van der Waals surface area (Å²) >= 11 is 0. The lowest BCUT2D eigenvalue weighted by Gasteiger charge is -2.26. The first-order chi connectivity index (χ1) is 15.2. The van der Waals surface area contributed by atoms with E-state index in [1.807, 2.05) is 0 Å². The van der Waals surface area contributed by atoms with Gasteiger partial charge in [0.1, 0.15) is 6.23 Å². The fourth-order valence-corrected chi connectivity index (χ4v) is 5.16. The maximum Gasteiger partial charge on any atom is 0.495 e. The van der Waals surface area contributed by atoms with Crippen LogP contribution >= 0.6 is 0 Å². The molecule has 0 aromatic carbocycles. The lowest BCUT2D eigenvalue weighted by Crippen LogP contribution is -2.44. The third kappa shape index (κ3) is 15.4. The third-order valence-corrected chi connectivity index (χ3v) is 7.14. The number of rotatable bonds is 17. The Morgan fingerprint density at radius 3 is 1.79 bits per heavy atom. The van der Waals surface area contributed by atoms with Crippen molar-refractivity contribution in [1.29, 1.82) is 0 Å². The van der Waals surface area contributed by atoms with Gasteiger partial charge in [0.2, 0.25) is 0 Å². The van der Waals surface area contributed by atoms with Crippen molar-refractivity contribution in [2.45, 2.75) is 58.2 Å². The van der Waals surface area contributed by atoms with Crippen molar-refractivity contribution in [3.05, 3.63) is 36.5 Å². The minimum absolute atomic E-state index is 0.0294. The number of ether oxygens (including phenoxy) is 3. The summed E-state index contributed by atoms with van der Waals surface area (Å²) < 4.78 is 20.4. The molecule has 12 heteroatoms. The highest BCUT2D eigenvalue weighted by Gasteiger charge is 2.36. The van der Waals surface area contributed by atoms with E-state index in [1.54, 1.807) is 0 Å². The Morgan fingerprint density at radius 1 is 0.848 bits per heavy atom. The second kappa shape index (κ2) is 15.7. The predicted octanol–water partition coefficient (Wildman–Crippen LogP) is 1.35. The summed E-state index contributed by atoms with van der Waals surface area (Å²) in [5, 5.41) is 0. The Labute approximate surface area is 197 Å². The van der Waals surface area contributed by atoms with E-state index >= 15 is 0 Å². The summed E-state index contributed by atoms with van der Waals surface area (Å²) in [4.78, 5) is 65.3. The van der Waals surface area contributed by atoms with Crippen molar-refractivity contribution in [3.8, 4) is 0 Å². The summed E-state index contributed by atoms with van der Waals surface area (Å²) in [6.07, 6.45) is -0.231. The maximum absolute atomic E-state index is 11.5. The van der Waals surface area contributed by atoms with Gasteiger partial charge in [-0.15, -0.1) is 0 Å². The van der Waals surface area contributed by atoms with Gasteiger partial charge in [0, 0.05) is 28.9 Å².